The van der Waals surface area contributed by atoms with E-state index in [9.17, 15) is 38.2 Å². The third-order valence-electron chi connectivity index (χ3n) is 10.1. The Hall–Kier alpha value is -3.91. The molecule has 0 saturated carbocycles. The molecule has 0 bridgehead atoms. The number of imidazole rings is 1. The van der Waals surface area contributed by atoms with Gasteiger partial charge in [-0.1, -0.05) is 20.8 Å². The predicted molar refractivity (Wildman–Crippen MR) is 217 cm³/mol. The fraction of sp³-hybridized carbons (Fsp3) is 0.667. The first-order valence-electron chi connectivity index (χ1n) is 19.0. The molecule has 3 aromatic rings. The smallest absolute Gasteiger partial charge is 0.444 e. The molecule has 0 spiro atoms. The number of nitrogens with two attached hydrogens (primary N) is 2. The van der Waals surface area contributed by atoms with Crippen LogP contribution >= 0.6 is 15.6 Å². The maximum atomic E-state index is 13.9. The lowest BCUT2D eigenvalue weighted by molar-refractivity contribution is -0.124. The zero-order chi connectivity index (χ0) is 45.5. The van der Waals surface area contributed by atoms with Gasteiger partial charge in [-0.25, -0.2) is 33.7 Å². The lowest BCUT2D eigenvalue weighted by Gasteiger charge is -2.41. The van der Waals surface area contributed by atoms with Crippen molar-refractivity contribution in [1.82, 2.24) is 39.7 Å². The highest BCUT2D eigenvalue weighted by Crippen LogP contribution is 2.50. The van der Waals surface area contributed by atoms with Crippen molar-refractivity contribution in [3.05, 3.63) is 35.4 Å². The van der Waals surface area contributed by atoms with Crippen LogP contribution in [-0.4, -0.2) is 119 Å². The van der Waals surface area contributed by atoms with Crippen molar-refractivity contribution in [2.75, 3.05) is 24.7 Å². The normalized spacial score (nSPS) is 25.3. The molecule has 3 aromatic heterocycles. The van der Waals surface area contributed by atoms with Crippen LogP contribution in [0.15, 0.2) is 29.7 Å². The van der Waals surface area contributed by atoms with Gasteiger partial charge in [0.2, 0.25) is 5.91 Å². The summed E-state index contributed by atoms with van der Waals surface area (Å²) in [5.74, 6) is -0.709. The molecular formula is C33H54N10O15P2Si. The van der Waals surface area contributed by atoms with Crippen molar-refractivity contribution in [1.29, 1.82) is 0 Å². The van der Waals surface area contributed by atoms with Gasteiger partial charge in [-0.2, -0.15) is 4.98 Å². The molecule has 0 radical (unpaired) electrons. The van der Waals surface area contributed by atoms with Gasteiger partial charge in [0, 0.05) is 12.6 Å². The van der Waals surface area contributed by atoms with E-state index in [2.05, 4.69) is 35.1 Å². The fourth-order valence-corrected chi connectivity index (χ4v) is 8.73. The van der Waals surface area contributed by atoms with E-state index in [0.29, 0.717) is 0 Å². The highest BCUT2D eigenvalue weighted by atomic mass is 31.2. The van der Waals surface area contributed by atoms with Crippen LogP contribution in [0.1, 0.15) is 67.3 Å². The first-order chi connectivity index (χ1) is 28.0. The molecular weight excluding hydrogens is 866 g/mol. The lowest BCUT2D eigenvalue weighted by Crippen LogP contribution is -2.57. The Labute approximate surface area is 351 Å². The monoisotopic (exact) mass is 920 g/mol. The van der Waals surface area contributed by atoms with Crippen LogP contribution in [0.4, 0.5) is 16.4 Å². The van der Waals surface area contributed by atoms with Gasteiger partial charge >= 0.3 is 27.4 Å². The molecule has 0 aromatic carbocycles. The van der Waals surface area contributed by atoms with Gasteiger partial charge in [0.1, 0.15) is 59.9 Å². The average Bonchev–Trinajstić information content (AvgIpc) is 3.80. The zero-order valence-corrected chi connectivity index (χ0v) is 37.8. The van der Waals surface area contributed by atoms with E-state index in [0.717, 1.165) is 4.57 Å². The lowest BCUT2D eigenvalue weighted by atomic mass is 10.1. The number of hydrogen-bond donors (Lipinski definition) is 7. The number of ether oxygens (including phenoxy) is 3. The van der Waals surface area contributed by atoms with Gasteiger partial charge in [-0.15, -0.1) is 0 Å². The highest BCUT2D eigenvalue weighted by molar-refractivity contribution is 7.47. The maximum absolute atomic E-state index is 13.9. The summed E-state index contributed by atoms with van der Waals surface area (Å²) in [6, 6.07) is -1.02. The summed E-state index contributed by atoms with van der Waals surface area (Å²) in [7, 11) is -13.0. The Morgan fingerprint density at radius 3 is 2.31 bits per heavy atom. The Balaban J connectivity index is 1.46. The van der Waals surface area contributed by atoms with E-state index < -0.39 is 109 Å². The van der Waals surface area contributed by atoms with Gasteiger partial charge in [0.05, 0.1) is 25.6 Å². The summed E-state index contributed by atoms with van der Waals surface area (Å²) in [5, 5.41) is 4.99. The molecule has 2 aliphatic rings. The van der Waals surface area contributed by atoms with E-state index >= 15 is 0 Å². The van der Waals surface area contributed by atoms with E-state index in [1.54, 1.807) is 20.8 Å². The second-order valence-electron chi connectivity index (χ2n) is 17.0. The van der Waals surface area contributed by atoms with Crippen LogP contribution in [0.5, 0.6) is 0 Å². The maximum Gasteiger partial charge on any atom is 0.472 e. The largest absolute Gasteiger partial charge is 0.472 e. The molecule has 28 heteroatoms. The Morgan fingerprint density at radius 2 is 1.69 bits per heavy atom. The topological polar surface area (TPSA) is 348 Å². The number of rotatable bonds is 15. The van der Waals surface area contributed by atoms with Crippen LogP contribution in [0.3, 0.4) is 0 Å². The van der Waals surface area contributed by atoms with Gasteiger partial charge in [0.15, 0.2) is 26.0 Å². The SMILES string of the molecule is C[C@H](NC(=O)OC(C)(C)C)C(=O)N[C@H]1[C@@H](O[Si](C)(C)C(C)(C)C)[C@H](n2cnc3c(N)ncnc32)O[C@@H]1COP(=O)(O)O[C@H]1C[C@H](n2ccc(N)nc2=O)O[C@@H]1COP(=O)(O)O. The molecule has 1 unspecified atom stereocenters. The number of phosphoric ester groups is 2. The average molecular weight is 921 g/mol. The van der Waals surface area contributed by atoms with Gasteiger partial charge < -0.3 is 55.4 Å². The van der Waals surface area contributed by atoms with Gasteiger partial charge in [-0.05, 0) is 51.9 Å². The quantitative estimate of drug-likeness (QED) is 0.0844. The number of nitrogens with zero attached hydrogens (tertiary/aromatic N) is 6. The summed E-state index contributed by atoms with van der Waals surface area (Å²) in [4.78, 5) is 85.3. The number of amides is 2. The Bertz CT molecular complexity index is 2230. The highest BCUT2D eigenvalue weighted by Gasteiger charge is 2.53. The molecule has 0 aliphatic carbocycles. The van der Waals surface area contributed by atoms with Gasteiger partial charge in [0.25, 0.3) is 0 Å². The molecule has 25 nitrogen and oxygen atoms in total. The molecule has 5 heterocycles. The number of anilines is 2. The molecule has 340 valence electrons. The Kier molecular flexibility index (Phi) is 14.2. The van der Waals surface area contributed by atoms with E-state index in [-0.39, 0.29) is 34.3 Å². The van der Waals surface area contributed by atoms with E-state index in [1.807, 2.05) is 33.9 Å². The fourth-order valence-electron chi connectivity index (χ4n) is 6.13. The van der Waals surface area contributed by atoms with Crippen LogP contribution in [-0.2, 0) is 46.1 Å². The van der Waals surface area contributed by atoms with Crippen molar-refractivity contribution < 1.29 is 65.6 Å². The van der Waals surface area contributed by atoms with Crippen molar-refractivity contribution in [2.45, 2.75) is 128 Å². The first kappa shape index (κ1) is 48.1. The molecule has 9 N–H and O–H groups in total. The summed E-state index contributed by atoms with van der Waals surface area (Å²) in [5.41, 5.74) is 10.5. The van der Waals surface area contributed by atoms with Crippen LogP contribution in [0, 0.1) is 0 Å². The minimum absolute atomic E-state index is 0.0777. The van der Waals surface area contributed by atoms with Crippen LogP contribution in [0.2, 0.25) is 18.1 Å². The molecule has 2 aliphatic heterocycles. The third-order valence-corrected chi connectivity index (χ3v) is 16.1. The standard InChI is InChI=1S/C33H54N10O15P2Si/c1-17(39-31(46)56-32(2,3)4)28(44)41-23-20(55-29(25(23)58-61(8,9)33(5,6)7)43-16-38-24-26(35)36-15-37-27(24)43)14-53-60(50,51)57-18-12-22(42-11-10-21(34)40-30(42)45)54-19(18)13-52-59(47,48)49/h10-11,15-20,22-23,25,29H,12-14H2,1-9H3,(H,39,46)(H,41,44)(H,50,51)(H2,34,40,45)(H2,35,36,37)(H2,47,48,49)/t17-,18-,19+,20+,22+,23+,25+,29+/m0/s1. The second kappa shape index (κ2) is 18.1. The van der Waals surface area contributed by atoms with Crippen LogP contribution in [0.25, 0.3) is 11.2 Å². The molecule has 2 amide bonds. The third kappa shape index (κ3) is 12.2. The second-order valence-corrected chi connectivity index (χ2v) is 24.4. The summed E-state index contributed by atoms with van der Waals surface area (Å²) < 4.78 is 68.0. The summed E-state index contributed by atoms with van der Waals surface area (Å²) in [6.45, 7) is 14.8. The molecule has 2 saturated heterocycles. The van der Waals surface area contributed by atoms with E-state index in [4.69, 9.17) is 39.2 Å². The Morgan fingerprint density at radius 1 is 1.02 bits per heavy atom. The van der Waals surface area contributed by atoms with Crippen molar-refractivity contribution in [3.63, 3.8) is 0 Å². The molecule has 5 rings (SSSR count). The minimum atomic E-state index is -5.17. The van der Waals surface area contributed by atoms with Crippen molar-refractivity contribution in [2.24, 2.45) is 0 Å². The molecule has 9 atom stereocenters. The number of fused-ring (bicyclic) bond motifs is 1. The number of hydrogen-bond acceptors (Lipinski definition) is 18. The van der Waals surface area contributed by atoms with Crippen LogP contribution < -0.4 is 27.8 Å². The minimum Gasteiger partial charge on any atom is -0.444 e. The number of nitrogen functional groups attached to an aromatic ring is 2. The number of phosphoric acid groups is 2. The summed E-state index contributed by atoms with van der Waals surface area (Å²) in [6.07, 6.45) is -4.77. The number of carbonyl (C=O) groups is 2. The van der Waals surface area contributed by atoms with E-state index in [1.165, 1.54) is 36.4 Å². The number of carbonyl (C=O) groups excluding carboxylic acids is 2. The molecule has 2 fully saturated rings. The molecule has 61 heavy (non-hydrogen) atoms. The predicted octanol–water partition coefficient (Wildman–Crippen LogP) is 1.83. The summed E-state index contributed by atoms with van der Waals surface area (Å²) >= 11 is 0. The van der Waals surface area contributed by atoms with Gasteiger partial charge in [-0.3, -0.25) is 27.5 Å². The zero-order valence-electron chi connectivity index (χ0n) is 35.0. The van der Waals surface area contributed by atoms with Crippen molar-refractivity contribution in [3.8, 4) is 0 Å². The first-order valence-corrected chi connectivity index (χ1v) is 24.9. The number of alkyl carbamates (subject to hydrolysis) is 1. The number of nitrogens with one attached hydrogen (secondary N) is 2. The number of aromatic nitrogens is 6. The van der Waals surface area contributed by atoms with Crippen molar-refractivity contribution >= 4 is 58.8 Å².